The van der Waals surface area contributed by atoms with Crippen LogP contribution in [-0.2, 0) is 22.6 Å². The summed E-state index contributed by atoms with van der Waals surface area (Å²) in [5, 5.41) is 0.787. The molecule has 0 saturated carbocycles. The van der Waals surface area contributed by atoms with Gasteiger partial charge in [-0.05, 0) is 51.0 Å². The standard InChI is InChI=1S/C23H24O5/c1-13-8-14(2)10-17(9-13)12-27-20-7-6-18-15(3)19(11-21(24)26-5)23(25)28-22(18)16(20)4/h6-10H,11-12H2,1-5H3. The molecule has 5 heteroatoms. The van der Waals surface area contributed by atoms with Crippen molar-refractivity contribution in [1.29, 1.82) is 0 Å². The summed E-state index contributed by atoms with van der Waals surface area (Å²) in [5.74, 6) is 0.190. The molecule has 2 aromatic carbocycles. The average molecular weight is 380 g/mol. The zero-order valence-electron chi connectivity index (χ0n) is 16.8. The highest BCUT2D eigenvalue weighted by molar-refractivity contribution is 5.86. The van der Waals surface area contributed by atoms with Gasteiger partial charge in [0.2, 0.25) is 0 Å². The number of ether oxygens (including phenoxy) is 2. The van der Waals surface area contributed by atoms with Gasteiger partial charge in [0.15, 0.2) is 0 Å². The number of methoxy groups -OCH3 is 1. The van der Waals surface area contributed by atoms with E-state index in [1.54, 1.807) is 0 Å². The fraction of sp³-hybridized carbons (Fsp3) is 0.304. The lowest BCUT2D eigenvalue weighted by Crippen LogP contribution is -2.16. The molecule has 0 spiro atoms. The molecule has 0 bridgehead atoms. The minimum atomic E-state index is -0.523. The highest BCUT2D eigenvalue weighted by Crippen LogP contribution is 2.30. The molecule has 0 saturated heterocycles. The van der Waals surface area contributed by atoms with Crippen LogP contribution in [0.2, 0.25) is 0 Å². The smallest absolute Gasteiger partial charge is 0.340 e. The molecule has 3 rings (SSSR count). The van der Waals surface area contributed by atoms with Crippen molar-refractivity contribution < 1.29 is 18.7 Å². The lowest BCUT2D eigenvalue weighted by molar-refractivity contribution is -0.139. The van der Waals surface area contributed by atoms with E-state index >= 15 is 0 Å². The third-order valence-electron chi connectivity index (χ3n) is 4.88. The minimum absolute atomic E-state index is 0.107. The third kappa shape index (κ3) is 3.93. The molecule has 0 unspecified atom stereocenters. The molecule has 0 aliphatic carbocycles. The molecule has 0 aliphatic rings. The Morgan fingerprint density at radius 1 is 1.00 bits per heavy atom. The molecule has 0 amide bonds. The van der Waals surface area contributed by atoms with Crippen molar-refractivity contribution in [2.45, 2.75) is 40.7 Å². The van der Waals surface area contributed by atoms with E-state index in [1.807, 2.05) is 26.0 Å². The molecule has 0 atom stereocenters. The number of carbonyl (C=O) groups is 1. The van der Waals surface area contributed by atoms with Crippen LogP contribution in [0, 0.1) is 27.7 Å². The molecule has 0 aliphatic heterocycles. The van der Waals surface area contributed by atoms with E-state index in [-0.39, 0.29) is 6.42 Å². The van der Waals surface area contributed by atoms with Crippen LogP contribution in [-0.4, -0.2) is 13.1 Å². The maximum absolute atomic E-state index is 12.4. The summed E-state index contributed by atoms with van der Waals surface area (Å²) in [7, 11) is 1.30. The largest absolute Gasteiger partial charge is 0.488 e. The van der Waals surface area contributed by atoms with Crippen molar-refractivity contribution in [2.75, 3.05) is 7.11 Å². The first-order valence-electron chi connectivity index (χ1n) is 9.13. The van der Waals surface area contributed by atoms with E-state index in [2.05, 4.69) is 36.8 Å². The fourth-order valence-corrected chi connectivity index (χ4v) is 3.46. The fourth-order valence-electron chi connectivity index (χ4n) is 3.46. The topological polar surface area (TPSA) is 65.7 Å². The Morgan fingerprint density at radius 3 is 2.32 bits per heavy atom. The maximum Gasteiger partial charge on any atom is 0.340 e. The molecule has 3 aromatic rings. The van der Waals surface area contributed by atoms with Crippen LogP contribution in [0.15, 0.2) is 39.5 Å². The molecule has 146 valence electrons. The summed E-state index contributed by atoms with van der Waals surface area (Å²) in [6.07, 6.45) is -0.107. The normalized spacial score (nSPS) is 10.9. The Labute approximate surface area is 163 Å². The number of benzene rings is 2. The molecular formula is C23H24O5. The van der Waals surface area contributed by atoms with Gasteiger partial charge < -0.3 is 13.9 Å². The molecule has 1 heterocycles. The van der Waals surface area contributed by atoms with Gasteiger partial charge in [-0.3, -0.25) is 4.79 Å². The van der Waals surface area contributed by atoms with E-state index in [0.29, 0.717) is 23.5 Å². The van der Waals surface area contributed by atoms with Crippen LogP contribution in [0.1, 0.15) is 33.4 Å². The van der Waals surface area contributed by atoms with Crippen molar-refractivity contribution in [1.82, 2.24) is 0 Å². The van der Waals surface area contributed by atoms with Crippen LogP contribution < -0.4 is 10.4 Å². The summed E-state index contributed by atoms with van der Waals surface area (Å²) in [5.41, 5.74) is 5.22. The Kier molecular flexibility index (Phi) is 5.54. The summed E-state index contributed by atoms with van der Waals surface area (Å²) >= 11 is 0. The minimum Gasteiger partial charge on any atom is -0.488 e. The van der Waals surface area contributed by atoms with Gasteiger partial charge in [-0.2, -0.15) is 0 Å². The van der Waals surface area contributed by atoms with E-state index < -0.39 is 11.6 Å². The average Bonchev–Trinajstić information content (AvgIpc) is 2.64. The predicted octanol–water partition coefficient (Wildman–Crippen LogP) is 4.32. The number of hydrogen-bond donors (Lipinski definition) is 0. The number of hydrogen-bond acceptors (Lipinski definition) is 5. The number of aryl methyl sites for hydroxylation is 4. The summed E-state index contributed by atoms with van der Waals surface area (Å²) in [6, 6.07) is 10.0. The SMILES string of the molecule is COC(=O)Cc1c(C)c2ccc(OCc3cc(C)cc(C)c3)c(C)c2oc1=O. The van der Waals surface area contributed by atoms with E-state index in [4.69, 9.17) is 9.15 Å². The van der Waals surface area contributed by atoms with Crippen LogP contribution in [0.25, 0.3) is 11.0 Å². The van der Waals surface area contributed by atoms with Crippen LogP contribution >= 0.6 is 0 Å². The van der Waals surface area contributed by atoms with Gasteiger partial charge in [0, 0.05) is 10.9 Å². The van der Waals surface area contributed by atoms with E-state index in [9.17, 15) is 9.59 Å². The lowest BCUT2D eigenvalue weighted by Gasteiger charge is -2.13. The molecule has 0 fully saturated rings. The van der Waals surface area contributed by atoms with Gasteiger partial charge >= 0.3 is 11.6 Å². The van der Waals surface area contributed by atoms with Crippen LogP contribution in [0.5, 0.6) is 5.75 Å². The zero-order chi connectivity index (χ0) is 20.4. The predicted molar refractivity (Wildman–Crippen MR) is 108 cm³/mol. The Bertz CT molecular complexity index is 1090. The first kappa shape index (κ1) is 19.7. The van der Waals surface area contributed by atoms with Crippen LogP contribution in [0.3, 0.4) is 0 Å². The Hall–Kier alpha value is -3.08. The van der Waals surface area contributed by atoms with Crippen molar-refractivity contribution >= 4 is 16.9 Å². The summed E-state index contributed by atoms with van der Waals surface area (Å²) in [4.78, 5) is 24.0. The maximum atomic E-state index is 12.4. The van der Waals surface area contributed by atoms with Gasteiger partial charge in [-0.15, -0.1) is 0 Å². The van der Waals surface area contributed by atoms with Crippen molar-refractivity contribution in [3.8, 4) is 5.75 Å². The first-order valence-corrected chi connectivity index (χ1v) is 9.13. The second-order valence-corrected chi connectivity index (χ2v) is 7.10. The van der Waals surface area contributed by atoms with Gasteiger partial charge in [0.1, 0.15) is 17.9 Å². The summed E-state index contributed by atoms with van der Waals surface area (Å²) < 4.78 is 16.2. The molecule has 0 N–H and O–H groups in total. The second kappa shape index (κ2) is 7.89. The Balaban J connectivity index is 1.96. The molecule has 28 heavy (non-hydrogen) atoms. The van der Waals surface area contributed by atoms with Gasteiger partial charge in [0.05, 0.1) is 19.1 Å². The number of fused-ring (bicyclic) bond motifs is 1. The monoisotopic (exact) mass is 380 g/mol. The second-order valence-electron chi connectivity index (χ2n) is 7.10. The molecule has 5 nitrogen and oxygen atoms in total. The highest BCUT2D eigenvalue weighted by atomic mass is 16.5. The third-order valence-corrected chi connectivity index (χ3v) is 4.88. The van der Waals surface area contributed by atoms with Gasteiger partial charge in [0.25, 0.3) is 0 Å². The summed E-state index contributed by atoms with van der Waals surface area (Å²) in [6.45, 7) is 8.22. The number of rotatable bonds is 5. The molecule has 0 radical (unpaired) electrons. The molecule has 1 aromatic heterocycles. The zero-order valence-corrected chi connectivity index (χ0v) is 16.8. The van der Waals surface area contributed by atoms with Crippen molar-refractivity contribution in [2.24, 2.45) is 0 Å². The van der Waals surface area contributed by atoms with Gasteiger partial charge in [-0.1, -0.05) is 29.3 Å². The van der Waals surface area contributed by atoms with E-state index in [0.717, 1.165) is 22.1 Å². The van der Waals surface area contributed by atoms with Crippen molar-refractivity contribution in [3.05, 3.63) is 74.1 Å². The van der Waals surface area contributed by atoms with Gasteiger partial charge in [-0.25, -0.2) is 4.79 Å². The first-order chi connectivity index (χ1) is 13.3. The number of esters is 1. The van der Waals surface area contributed by atoms with E-state index in [1.165, 1.54) is 18.2 Å². The Morgan fingerprint density at radius 2 is 1.68 bits per heavy atom. The van der Waals surface area contributed by atoms with Crippen molar-refractivity contribution in [3.63, 3.8) is 0 Å². The quantitative estimate of drug-likeness (QED) is 0.487. The lowest BCUT2D eigenvalue weighted by atomic mass is 10.0. The highest BCUT2D eigenvalue weighted by Gasteiger charge is 2.17. The molecular weight excluding hydrogens is 356 g/mol. The number of carbonyl (C=O) groups excluding carboxylic acids is 1. The van der Waals surface area contributed by atoms with Crippen LogP contribution in [0.4, 0.5) is 0 Å².